The number of carbonyl (C=O) groups excluding carboxylic acids is 2. The number of anilines is 2. The zero-order valence-electron chi connectivity index (χ0n) is 15.0. The Balaban J connectivity index is 1.67. The summed E-state index contributed by atoms with van der Waals surface area (Å²) in [5.74, 6) is 0.304. The van der Waals surface area contributed by atoms with Gasteiger partial charge in [0.2, 0.25) is 11.8 Å². The number of rotatable bonds is 4. The van der Waals surface area contributed by atoms with Gasteiger partial charge in [-0.3, -0.25) is 9.59 Å². The summed E-state index contributed by atoms with van der Waals surface area (Å²) in [6, 6.07) is 9.35. The third-order valence-electron chi connectivity index (χ3n) is 4.50. The number of aryl methyl sites for hydroxylation is 1. The minimum Gasteiger partial charge on any atom is -0.360 e. The molecule has 2 amide bonds. The minimum atomic E-state index is -1.02. The molecule has 3 rings (SSSR count). The molecule has 2 aromatic rings. The topological polar surface area (TPSA) is 84.2 Å². The molecular formula is C19H23N3O3. The molecule has 1 saturated carbocycles. The molecule has 1 aromatic carbocycles. The Bertz CT molecular complexity index is 796. The van der Waals surface area contributed by atoms with Crippen LogP contribution in [0, 0.1) is 12.3 Å². The Morgan fingerprint density at radius 3 is 2.16 bits per heavy atom. The van der Waals surface area contributed by atoms with E-state index in [0.29, 0.717) is 30.1 Å². The highest BCUT2D eigenvalue weighted by molar-refractivity contribution is 6.16. The average molecular weight is 341 g/mol. The van der Waals surface area contributed by atoms with Crippen LogP contribution in [0.25, 0.3) is 0 Å². The summed E-state index contributed by atoms with van der Waals surface area (Å²) in [7, 11) is 0. The van der Waals surface area contributed by atoms with Gasteiger partial charge in [0.05, 0.1) is 0 Å². The molecule has 25 heavy (non-hydrogen) atoms. The maximum Gasteiger partial charge on any atom is 0.241 e. The van der Waals surface area contributed by atoms with Crippen molar-refractivity contribution >= 4 is 23.3 Å². The number of benzene rings is 1. The zero-order chi connectivity index (χ0) is 18.2. The molecule has 0 saturated heterocycles. The standard InChI is InChI=1S/C19H23N3O3/c1-12-11-15(22-25-12)21-17(24)19(9-10-19)16(23)20-14-7-5-13(6-8-14)18(2,3)4/h5-8,11H,9-10H2,1-4H3,(H,20,23)(H,21,22,24). The summed E-state index contributed by atoms with van der Waals surface area (Å²) in [6.45, 7) is 8.14. The smallest absolute Gasteiger partial charge is 0.241 e. The van der Waals surface area contributed by atoms with Crippen molar-refractivity contribution in [2.45, 2.75) is 46.0 Å². The predicted molar refractivity (Wildman–Crippen MR) is 95.3 cm³/mol. The summed E-state index contributed by atoms with van der Waals surface area (Å²) in [5, 5.41) is 9.24. The summed E-state index contributed by atoms with van der Waals surface area (Å²) in [5.41, 5.74) is 0.908. The molecule has 1 aliphatic carbocycles. The Hall–Kier alpha value is -2.63. The second-order valence-electron chi connectivity index (χ2n) is 7.64. The molecule has 6 heteroatoms. The van der Waals surface area contributed by atoms with Gasteiger partial charge in [-0.05, 0) is 42.9 Å². The second-order valence-corrected chi connectivity index (χ2v) is 7.64. The number of aromatic nitrogens is 1. The van der Waals surface area contributed by atoms with Crippen molar-refractivity contribution in [1.82, 2.24) is 5.16 Å². The molecule has 0 spiro atoms. The second kappa shape index (κ2) is 6.02. The van der Waals surface area contributed by atoms with E-state index in [1.807, 2.05) is 24.3 Å². The molecule has 132 valence electrons. The largest absolute Gasteiger partial charge is 0.360 e. The van der Waals surface area contributed by atoms with Gasteiger partial charge in [-0.2, -0.15) is 0 Å². The highest BCUT2D eigenvalue weighted by Crippen LogP contribution is 2.47. The summed E-state index contributed by atoms with van der Waals surface area (Å²) < 4.78 is 4.93. The SMILES string of the molecule is Cc1cc(NC(=O)C2(C(=O)Nc3ccc(C(C)(C)C)cc3)CC2)no1. The van der Waals surface area contributed by atoms with Crippen molar-refractivity contribution in [2.24, 2.45) is 5.41 Å². The van der Waals surface area contributed by atoms with Gasteiger partial charge in [-0.25, -0.2) is 0 Å². The van der Waals surface area contributed by atoms with E-state index in [1.165, 1.54) is 5.56 Å². The molecule has 0 bridgehead atoms. The first-order chi connectivity index (χ1) is 11.7. The van der Waals surface area contributed by atoms with Crippen molar-refractivity contribution in [3.63, 3.8) is 0 Å². The molecule has 0 atom stereocenters. The molecule has 1 aliphatic rings. The minimum absolute atomic E-state index is 0.0515. The van der Waals surface area contributed by atoms with Crippen LogP contribution in [0.15, 0.2) is 34.9 Å². The summed E-state index contributed by atoms with van der Waals surface area (Å²) in [4.78, 5) is 25.1. The van der Waals surface area contributed by atoms with Gasteiger partial charge in [-0.15, -0.1) is 0 Å². The first kappa shape index (κ1) is 17.2. The van der Waals surface area contributed by atoms with Crippen LogP contribution in [0.2, 0.25) is 0 Å². The highest BCUT2D eigenvalue weighted by atomic mass is 16.5. The first-order valence-electron chi connectivity index (χ1n) is 8.37. The molecule has 0 aliphatic heterocycles. The van der Waals surface area contributed by atoms with Crippen LogP contribution in [-0.2, 0) is 15.0 Å². The van der Waals surface area contributed by atoms with Crippen molar-refractivity contribution in [2.75, 3.05) is 10.6 Å². The highest BCUT2D eigenvalue weighted by Gasteiger charge is 2.56. The third-order valence-corrected chi connectivity index (χ3v) is 4.50. The third kappa shape index (κ3) is 3.57. The first-order valence-corrected chi connectivity index (χ1v) is 8.37. The molecular weight excluding hydrogens is 318 g/mol. The Labute approximate surface area is 147 Å². The fourth-order valence-corrected chi connectivity index (χ4v) is 2.65. The number of nitrogens with one attached hydrogen (secondary N) is 2. The lowest BCUT2D eigenvalue weighted by molar-refractivity contribution is -0.131. The van der Waals surface area contributed by atoms with Crippen molar-refractivity contribution in [1.29, 1.82) is 0 Å². The summed E-state index contributed by atoms with van der Waals surface area (Å²) in [6.07, 6.45) is 1.06. The maximum atomic E-state index is 12.6. The van der Waals surface area contributed by atoms with Gasteiger partial charge in [0.1, 0.15) is 11.2 Å². The maximum absolute atomic E-state index is 12.6. The van der Waals surface area contributed by atoms with Crippen LogP contribution in [-0.4, -0.2) is 17.0 Å². The van der Waals surface area contributed by atoms with Gasteiger partial charge in [0.25, 0.3) is 0 Å². The van der Waals surface area contributed by atoms with E-state index in [0.717, 1.165) is 0 Å². The lowest BCUT2D eigenvalue weighted by atomic mass is 9.87. The van der Waals surface area contributed by atoms with Crippen LogP contribution < -0.4 is 10.6 Å². The lowest BCUT2D eigenvalue weighted by Gasteiger charge is -2.19. The van der Waals surface area contributed by atoms with Crippen LogP contribution in [0.5, 0.6) is 0 Å². The normalized spacial score (nSPS) is 15.5. The number of nitrogens with zero attached hydrogens (tertiary/aromatic N) is 1. The van der Waals surface area contributed by atoms with E-state index in [9.17, 15) is 9.59 Å². The van der Waals surface area contributed by atoms with Gasteiger partial charge in [0, 0.05) is 11.8 Å². The summed E-state index contributed by atoms with van der Waals surface area (Å²) >= 11 is 0. The molecule has 1 heterocycles. The Morgan fingerprint density at radius 2 is 1.68 bits per heavy atom. The number of amides is 2. The lowest BCUT2D eigenvalue weighted by Crippen LogP contribution is -2.35. The number of hydrogen-bond donors (Lipinski definition) is 2. The fraction of sp³-hybridized carbons (Fsp3) is 0.421. The quantitative estimate of drug-likeness (QED) is 0.832. The van der Waals surface area contributed by atoms with E-state index in [-0.39, 0.29) is 17.2 Å². The van der Waals surface area contributed by atoms with E-state index in [4.69, 9.17) is 4.52 Å². The van der Waals surface area contributed by atoms with Crippen LogP contribution >= 0.6 is 0 Å². The van der Waals surface area contributed by atoms with Crippen molar-refractivity contribution in [3.05, 3.63) is 41.7 Å². The van der Waals surface area contributed by atoms with Crippen LogP contribution in [0.1, 0.15) is 44.9 Å². The molecule has 0 unspecified atom stereocenters. The molecule has 2 N–H and O–H groups in total. The monoisotopic (exact) mass is 341 g/mol. The van der Waals surface area contributed by atoms with Gasteiger partial charge in [0.15, 0.2) is 5.82 Å². The molecule has 0 radical (unpaired) electrons. The van der Waals surface area contributed by atoms with Crippen molar-refractivity contribution < 1.29 is 14.1 Å². The molecule has 6 nitrogen and oxygen atoms in total. The molecule has 1 aromatic heterocycles. The van der Waals surface area contributed by atoms with E-state index in [1.54, 1.807) is 13.0 Å². The van der Waals surface area contributed by atoms with Gasteiger partial charge < -0.3 is 15.2 Å². The van der Waals surface area contributed by atoms with E-state index >= 15 is 0 Å². The predicted octanol–water partition coefficient (Wildman–Crippen LogP) is 3.64. The van der Waals surface area contributed by atoms with E-state index < -0.39 is 5.41 Å². The Morgan fingerprint density at radius 1 is 1.08 bits per heavy atom. The van der Waals surface area contributed by atoms with Crippen molar-refractivity contribution in [3.8, 4) is 0 Å². The van der Waals surface area contributed by atoms with E-state index in [2.05, 4.69) is 36.6 Å². The number of hydrogen-bond acceptors (Lipinski definition) is 4. The zero-order valence-corrected chi connectivity index (χ0v) is 15.0. The van der Waals surface area contributed by atoms with Gasteiger partial charge >= 0.3 is 0 Å². The fourth-order valence-electron chi connectivity index (χ4n) is 2.65. The van der Waals surface area contributed by atoms with Crippen LogP contribution in [0.4, 0.5) is 11.5 Å². The Kier molecular flexibility index (Phi) is 4.14. The van der Waals surface area contributed by atoms with Gasteiger partial charge in [-0.1, -0.05) is 38.1 Å². The molecule has 1 fully saturated rings. The number of carbonyl (C=O) groups is 2. The average Bonchev–Trinajstić information content (AvgIpc) is 3.26. The van der Waals surface area contributed by atoms with Crippen LogP contribution in [0.3, 0.4) is 0 Å².